The van der Waals surface area contributed by atoms with Crippen molar-refractivity contribution in [2.75, 3.05) is 23.8 Å². The number of hydrogen-bond donors (Lipinski definition) is 2. The molecule has 0 fully saturated rings. The molecule has 2 amide bonds. The molecule has 130 valence electrons. The van der Waals surface area contributed by atoms with E-state index >= 15 is 0 Å². The molecule has 2 aromatic rings. The lowest BCUT2D eigenvalue weighted by Gasteiger charge is -2.18. The lowest BCUT2D eigenvalue weighted by molar-refractivity contribution is -0.118. The van der Waals surface area contributed by atoms with Gasteiger partial charge in [-0.25, -0.2) is 0 Å². The molecule has 0 atom stereocenters. The molecule has 0 radical (unpaired) electrons. The third-order valence-electron chi connectivity index (χ3n) is 3.49. The summed E-state index contributed by atoms with van der Waals surface area (Å²) in [6, 6.07) is 13.9. The summed E-state index contributed by atoms with van der Waals surface area (Å²) in [4.78, 5) is 23.4. The van der Waals surface area contributed by atoms with Crippen molar-refractivity contribution in [3.63, 3.8) is 0 Å². The second-order valence-electron chi connectivity index (χ2n) is 5.39. The van der Waals surface area contributed by atoms with Gasteiger partial charge in [-0.05, 0) is 42.0 Å². The Morgan fingerprint density at radius 2 is 2.12 bits per heavy atom. The van der Waals surface area contributed by atoms with Crippen LogP contribution in [0, 0.1) is 11.3 Å². The molecule has 2 aromatic carbocycles. The second-order valence-corrected chi connectivity index (χ2v) is 5.39. The third-order valence-corrected chi connectivity index (χ3v) is 3.49. The molecule has 0 spiro atoms. The molecular formula is C19H15N3O4. The second kappa shape index (κ2) is 7.85. The third kappa shape index (κ3) is 4.39. The maximum Gasteiger partial charge on any atom is 0.262 e. The highest BCUT2D eigenvalue weighted by atomic mass is 16.5. The number of nitriles is 1. The van der Waals surface area contributed by atoms with Gasteiger partial charge in [0.1, 0.15) is 17.6 Å². The number of carbonyl (C=O) groups is 2. The minimum absolute atomic E-state index is 0.0101. The zero-order chi connectivity index (χ0) is 18.4. The molecule has 0 bridgehead atoms. The number of carbonyl (C=O) groups excluding carboxylic acids is 2. The van der Waals surface area contributed by atoms with E-state index in [1.54, 1.807) is 48.5 Å². The number of amides is 2. The van der Waals surface area contributed by atoms with Gasteiger partial charge < -0.3 is 20.1 Å². The molecule has 7 heteroatoms. The molecule has 26 heavy (non-hydrogen) atoms. The molecule has 0 saturated carbocycles. The van der Waals surface area contributed by atoms with Crippen LogP contribution in [0.3, 0.4) is 0 Å². The monoisotopic (exact) mass is 349 g/mol. The average Bonchev–Trinajstić information content (AvgIpc) is 2.65. The van der Waals surface area contributed by atoms with Gasteiger partial charge in [0.2, 0.25) is 5.91 Å². The zero-order valence-corrected chi connectivity index (χ0v) is 13.7. The van der Waals surface area contributed by atoms with Gasteiger partial charge in [-0.15, -0.1) is 0 Å². The SMILES string of the molecule is N#CCOc1ccc(/C=C/C(=O)Nc2ccc3c(c2)NC(=O)CO3)cc1. The predicted molar refractivity (Wildman–Crippen MR) is 95.8 cm³/mol. The molecule has 1 heterocycles. The molecule has 0 aromatic heterocycles. The van der Waals surface area contributed by atoms with E-state index < -0.39 is 0 Å². The van der Waals surface area contributed by atoms with Crippen LogP contribution in [-0.2, 0) is 9.59 Å². The number of ether oxygens (including phenoxy) is 2. The summed E-state index contributed by atoms with van der Waals surface area (Å²) >= 11 is 0. The number of rotatable bonds is 5. The van der Waals surface area contributed by atoms with Crippen LogP contribution in [0.2, 0.25) is 0 Å². The first-order valence-electron chi connectivity index (χ1n) is 7.79. The number of nitrogens with one attached hydrogen (secondary N) is 2. The van der Waals surface area contributed by atoms with E-state index in [-0.39, 0.29) is 25.0 Å². The summed E-state index contributed by atoms with van der Waals surface area (Å²) in [5, 5.41) is 13.9. The number of hydrogen-bond acceptors (Lipinski definition) is 5. The zero-order valence-electron chi connectivity index (χ0n) is 13.7. The van der Waals surface area contributed by atoms with Crippen molar-refractivity contribution in [1.82, 2.24) is 0 Å². The van der Waals surface area contributed by atoms with Crippen LogP contribution in [0.5, 0.6) is 11.5 Å². The van der Waals surface area contributed by atoms with Gasteiger partial charge in [0.25, 0.3) is 5.91 Å². The van der Waals surface area contributed by atoms with E-state index in [2.05, 4.69) is 10.6 Å². The minimum atomic E-state index is -0.308. The van der Waals surface area contributed by atoms with E-state index in [4.69, 9.17) is 14.7 Å². The van der Waals surface area contributed by atoms with Gasteiger partial charge in [-0.3, -0.25) is 9.59 Å². The molecule has 7 nitrogen and oxygen atoms in total. The van der Waals surface area contributed by atoms with Crippen molar-refractivity contribution in [2.24, 2.45) is 0 Å². The van der Waals surface area contributed by atoms with E-state index in [0.29, 0.717) is 22.9 Å². The van der Waals surface area contributed by atoms with Crippen molar-refractivity contribution < 1.29 is 19.1 Å². The Morgan fingerprint density at radius 3 is 2.88 bits per heavy atom. The molecule has 2 N–H and O–H groups in total. The Balaban J connectivity index is 1.60. The van der Waals surface area contributed by atoms with Gasteiger partial charge in [0, 0.05) is 11.8 Å². The summed E-state index contributed by atoms with van der Waals surface area (Å²) in [5.41, 5.74) is 1.89. The molecule has 0 unspecified atom stereocenters. The largest absolute Gasteiger partial charge is 0.482 e. The Kier molecular flexibility index (Phi) is 5.15. The maximum atomic E-state index is 12.0. The highest BCUT2D eigenvalue weighted by Crippen LogP contribution is 2.30. The summed E-state index contributed by atoms with van der Waals surface area (Å²) in [5.74, 6) is 0.615. The van der Waals surface area contributed by atoms with Gasteiger partial charge >= 0.3 is 0 Å². The Labute approximate surface area is 149 Å². The van der Waals surface area contributed by atoms with Crippen LogP contribution < -0.4 is 20.1 Å². The normalized spacial score (nSPS) is 12.5. The van der Waals surface area contributed by atoms with Crippen LogP contribution in [0.15, 0.2) is 48.5 Å². The Bertz CT molecular complexity index is 898. The van der Waals surface area contributed by atoms with Gasteiger partial charge in [0.05, 0.1) is 5.69 Å². The lowest BCUT2D eigenvalue weighted by atomic mass is 10.2. The molecule has 0 aliphatic carbocycles. The van der Waals surface area contributed by atoms with Gasteiger partial charge in [-0.2, -0.15) is 5.26 Å². The number of anilines is 2. The standard InChI is InChI=1S/C19H15N3O4/c20-9-10-25-15-5-1-13(2-6-15)3-8-18(23)21-14-4-7-17-16(11-14)22-19(24)12-26-17/h1-8,11H,10,12H2,(H,21,23)(H,22,24)/b8-3+. The first-order chi connectivity index (χ1) is 12.6. The molecule has 1 aliphatic heterocycles. The predicted octanol–water partition coefficient (Wildman–Crippen LogP) is 2.57. The summed E-state index contributed by atoms with van der Waals surface area (Å²) in [7, 11) is 0. The van der Waals surface area contributed by atoms with E-state index in [1.165, 1.54) is 6.08 Å². The molecular weight excluding hydrogens is 334 g/mol. The average molecular weight is 349 g/mol. The van der Waals surface area contributed by atoms with Gasteiger partial charge in [-0.1, -0.05) is 12.1 Å². The van der Waals surface area contributed by atoms with Crippen LogP contribution in [0.4, 0.5) is 11.4 Å². The summed E-state index contributed by atoms with van der Waals surface area (Å²) in [6.07, 6.45) is 3.06. The van der Waals surface area contributed by atoms with Crippen molar-refractivity contribution >= 4 is 29.3 Å². The first-order valence-corrected chi connectivity index (χ1v) is 7.79. The molecule has 1 aliphatic rings. The molecule has 0 saturated heterocycles. The summed E-state index contributed by atoms with van der Waals surface area (Å²) < 4.78 is 10.4. The minimum Gasteiger partial charge on any atom is -0.482 e. The number of nitrogens with zero attached hydrogens (tertiary/aromatic N) is 1. The fourth-order valence-electron chi connectivity index (χ4n) is 2.31. The van der Waals surface area contributed by atoms with Crippen molar-refractivity contribution in [3.8, 4) is 17.6 Å². The van der Waals surface area contributed by atoms with Crippen molar-refractivity contribution in [2.45, 2.75) is 0 Å². The number of benzene rings is 2. The lowest BCUT2D eigenvalue weighted by Crippen LogP contribution is -2.25. The summed E-state index contributed by atoms with van der Waals surface area (Å²) in [6.45, 7) is -0.0222. The Hall–Kier alpha value is -3.79. The first kappa shape index (κ1) is 17.0. The smallest absolute Gasteiger partial charge is 0.262 e. The molecule has 3 rings (SSSR count). The van der Waals surface area contributed by atoms with Crippen LogP contribution in [0.25, 0.3) is 6.08 Å². The maximum absolute atomic E-state index is 12.0. The fourth-order valence-corrected chi connectivity index (χ4v) is 2.31. The van der Waals surface area contributed by atoms with E-state index in [1.807, 2.05) is 6.07 Å². The van der Waals surface area contributed by atoms with Crippen LogP contribution >= 0.6 is 0 Å². The van der Waals surface area contributed by atoms with E-state index in [9.17, 15) is 9.59 Å². The highest BCUT2D eigenvalue weighted by molar-refractivity contribution is 6.03. The Morgan fingerprint density at radius 1 is 1.31 bits per heavy atom. The fraction of sp³-hybridized carbons (Fsp3) is 0.105. The highest BCUT2D eigenvalue weighted by Gasteiger charge is 2.16. The topological polar surface area (TPSA) is 100 Å². The van der Waals surface area contributed by atoms with Gasteiger partial charge in [0.15, 0.2) is 13.2 Å². The van der Waals surface area contributed by atoms with Crippen molar-refractivity contribution in [1.29, 1.82) is 5.26 Å². The van der Waals surface area contributed by atoms with Crippen molar-refractivity contribution in [3.05, 3.63) is 54.1 Å². The van der Waals surface area contributed by atoms with Crippen LogP contribution in [0.1, 0.15) is 5.56 Å². The quantitative estimate of drug-likeness (QED) is 0.808. The number of fused-ring (bicyclic) bond motifs is 1. The van der Waals surface area contributed by atoms with E-state index in [0.717, 1.165) is 5.56 Å². The van der Waals surface area contributed by atoms with Crippen LogP contribution in [-0.4, -0.2) is 25.0 Å².